The maximum atomic E-state index is 10.9. The summed E-state index contributed by atoms with van der Waals surface area (Å²) < 4.78 is 9.79. The lowest BCUT2D eigenvalue weighted by Gasteiger charge is -2.27. The average molecular weight is 1350 g/mol. The molecule has 0 fully saturated rings. The summed E-state index contributed by atoms with van der Waals surface area (Å²) in [4.78, 5) is 6.73. The highest BCUT2D eigenvalue weighted by molar-refractivity contribution is 6.18. The van der Waals surface area contributed by atoms with Gasteiger partial charge in [0.05, 0.1) is 67.4 Å². The van der Waals surface area contributed by atoms with Gasteiger partial charge in [-0.05, 0) is 195 Å². The largest absolute Gasteiger partial charge is 0.305 e. The molecule has 5 heterocycles. The summed E-state index contributed by atoms with van der Waals surface area (Å²) in [5.74, 6) is 1.36. The second-order valence-electron chi connectivity index (χ2n) is 27.8. The topological polar surface area (TPSA) is 80.2 Å². The number of aryl methyl sites for hydroxylation is 2. The van der Waals surface area contributed by atoms with Gasteiger partial charge >= 0.3 is 0 Å². The van der Waals surface area contributed by atoms with Gasteiger partial charge < -0.3 is 9.13 Å². The molecular formula is C99H63N7. The van der Waals surface area contributed by atoms with E-state index in [9.17, 15) is 10.5 Å². The third kappa shape index (κ3) is 9.98. The first-order valence-corrected chi connectivity index (χ1v) is 35.9. The summed E-state index contributed by atoms with van der Waals surface area (Å²) in [6.07, 6.45) is 0. The van der Waals surface area contributed by atoms with Gasteiger partial charge in [-0.15, -0.1) is 0 Å². The van der Waals surface area contributed by atoms with Crippen molar-refractivity contribution in [3.8, 4) is 113 Å². The Labute approximate surface area is 612 Å². The monoisotopic (exact) mass is 1350 g/mol. The second kappa shape index (κ2) is 24.7. The highest BCUT2D eigenvalue weighted by Crippen LogP contribution is 2.51. The lowest BCUT2D eigenvalue weighted by Crippen LogP contribution is -2.16. The van der Waals surface area contributed by atoms with E-state index < -0.39 is 0 Å². The maximum Gasteiger partial charge on any atom is 0.165 e. The summed E-state index contributed by atoms with van der Waals surface area (Å²) >= 11 is 0. The number of pyridine rings is 1. The summed E-state index contributed by atoms with van der Waals surface area (Å²) in [7, 11) is 0. The van der Waals surface area contributed by atoms with Crippen LogP contribution in [-0.2, 0) is 0 Å². The third-order valence-corrected chi connectivity index (χ3v) is 21.5. The average Bonchev–Trinajstić information content (AvgIpc) is 1.49. The summed E-state index contributed by atoms with van der Waals surface area (Å²) in [5.41, 5.74) is 27.5. The summed E-state index contributed by atoms with van der Waals surface area (Å²) in [6.45, 7) is 4.40. The fourth-order valence-corrected chi connectivity index (χ4v) is 16.7. The smallest absolute Gasteiger partial charge is 0.165 e. The summed E-state index contributed by atoms with van der Waals surface area (Å²) in [6, 6.07) is 130. The van der Waals surface area contributed by atoms with Crippen LogP contribution >= 0.6 is 0 Å². The minimum absolute atomic E-state index is 0.510. The predicted molar refractivity (Wildman–Crippen MR) is 439 cm³/mol. The summed E-state index contributed by atoms with van der Waals surface area (Å²) in [5, 5.41) is 29.8. The van der Waals surface area contributed by atoms with Crippen LogP contribution in [0, 0.1) is 36.5 Å². The molecule has 15 aromatic carbocycles. The van der Waals surface area contributed by atoms with Crippen molar-refractivity contribution in [3.63, 3.8) is 0 Å². The van der Waals surface area contributed by atoms with Crippen molar-refractivity contribution < 1.29 is 0 Å². The van der Waals surface area contributed by atoms with Crippen LogP contribution in [0.4, 0.5) is 0 Å². The molecular weight excluding hydrogens is 1290 g/mol. The highest BCUT2D eigenvalue weighted by atomic mass is 15.2. The Hall–Kier alpha value is -14.4. The molecule has 7 heteroatoms. The molecule has 20 rings (SSSR count). The third-order valence-electron chi connectivity index (χ3n) is 21.5. The minimum Gasteiger partial charge on any atom is -0.305 e. The van der Waals surface area contributed by atoms with Crippen LogP contribution in [0.15, 0.2) is 346 Å². The maximum absolute atomic E-state index is 10.9. The Morgan fingerprint density at radius 3 is 0.689 bits per heavy atom. The molecule has 0 aliphatic heterocycles. The fraction of sp³-hybridized carbons (Fsp3) is 0.0202. The number of nitriles is 2. The zero-order chi connectivity index (χ0) is 70.7. The number of aromatic nitrogens is 5. The molecule has 0 bridgehead atoms. The first-order chi connectivity index (χ1) is 52.3. The minimum atomic E-state index is 0.510. The molecule has 7 nitrogen and oxygen atoms in total. The SMILES string of the molecule is Cc1cc(C)cc(-c2c(-n3c4ccc(C#N)cc4c4cc(C#N)ccc43)c(-n3c4ccc(-c5ccccc5)cc4c4cc(-c5ccccc5)ccc43)nc(-n3c4ccc(-c5ccccc5)cc4c4cc(-c5ccccc5)ccc43)c2-n2c3ccc(-c4ccccc4)cc3c3cc(-c4ccccc4)ccc32)c1. The van der Waals surface area contributed by atoms with Crippen molar-refractivity contribution in [1.29, 1.82) is 10.5 Å². The molecule has 0 spiro atoms. The molecule has 0 radical (unpaired) electrons. The van der Waals surface area contributed by atoms with Crippen LogP contribution in [0.3, 0.4) is 0 Å². The number of hydrogen-bond acceptors (Lipinski definition) is 3. The first kappa shape index (κ1) is 61.5. The van der Waals surface area contributed by atoms with E-state index in [0.29, 0.717) is 22.8 Å². The molecule has 0 aliphatic carbocycles. The lowest BCUT2D eigenvalue weighted by atomic mass is 9.96. The number of benzene rings is 15. The number of nitrogens with zero attached hydrogens (tertiary/aromatic N) is 7. The van der Waals surface area contributed by atoms with Crippen LogP contribution in [0.5, 0.6) is 0 Å². The van der Waals surface area contributed by atoms with Crippen molar-refractivity contribution >= 4 is 87.2 Å². The van der Waals surface area contributed by atoms with Crippen LogP contribution < -0.4 is 0 Å². The molecule has 0 N–H and O–H groups in total. The van der Waals surface area contributed by atoms with Crippen molar-refractivity contribution in [2.24, 2.45) is 0 Å². The van der Waals surface area contributed by atoms with E-state index in [2.05, 4.69) is 366 Å². The zero-order valence-corrected chi connectivity index (χ0v) is 58.0. The predicted octanol–water partition coefficient (Wildman–Crippen LogP) is 25.5. The van der Waals surface area contributed by atoms with Crippen molar-refractivity contribution in [3.05, 3.63) is 368 Å². The van der Waals surface area contributed by atoms with Gasteiger partial charge in [-0.25, -0.2) is 4.98 Å². The van der Waals surface area contributed by atoms with E-state index in [1.807, 2.05) is 24.3 Å². The van der Waals surface area contributed by atoms with Crippen molar-refractivity contribution in [2.75, 3.05) is 0 Å². The van der Waals surface area contributed by atoms with Crippen molar-refractivity contribution in [1.82, 2.24) is 23.3 Å². The van der Waals surface area contributed by atoms with Crippen LogP contribution in [0.2, 0.25) is 0 Å². The Bertz CT molecular complexity index is 6690. The molecule has 0 amide bonds. The number of fused-ring (bicyclic) bond motifs is 12. The van der Waals surface area contributed by atoms with Gasteiger partial charge in [-0.1, -0.05) is 248 Å². The molecule has 0 aliphatic rings. The van der Waals surface area contributed by atoms with Crippen molar-refractivity contribution in [2.45, 2.75) is 13.8 Å². The van der Waals surface area contributed by atoms with E-state index >= 15 is 0 Å². The van der Waals surface area contributed by atoms with Crippen LogP contribution in [-0.4, -0.2) is 23.3 Å². The standard InChI is InChI=1S/C99H63N7/c1-62-49-63(2)51-78(50-62)95-96(103-87-41-33-64(60-100)52-79(87)80-53-65(61-101)34-42-88(80)103)98(105-91-45-37-74(68-25-13-5-14-26-68)56-83(91)84-57-75(38-46-92(84)105)69-27-15-6-16-28-69)102-99(106-93-47-39-76(70-29-17-7-18-30-70)58-85(93)86-59-77(40-48-94(86)106)71-31-19-8-20-32-71)97(95)104-89-43-35-72(66-21-9-3-10-22-66)54-81(89)82-55-73(36-44-90(82)104)67-23-11-4-12-24-67/h3-59H,1-2H3. The Morgan fingerprint density at radius 1 is 0.217 bits per heavy atom. The number of rotatable bonds is 11. The zero-order valence-electron chi connectivity index (χ0n) is 58.0. The highest BCUT2D eigenvalue weighted by Gasteiger charge is 2.34. The van der Waals surface area contributed by atoms with E-state index in [1.54, 1.807) is 0 Å². The van der Waals surface area contributed by atoms with Gasteiger partial charge in [0, 0.05) is 48.7 Å². The van der Waals surface area contributed by atoms with E-state index in [0.717, 1.165) is 188 Å². The van der Waals surface area contributed by atoms with Gasteiger partial charge in [0.2, 0.25) is 0 Å². The lowest BCUT2D eigenvalue weighted by molar-refractivity contribution is 0.961. The molecule has 0 atom stereocenters. The van der Waals surface area contributed by atoms with Gasteiger partial charge in [0.15, 0.2) is 11.6 Å². The van der Waals surface area contributed by atoms with Crippen LogP contribution in [0.25, 0.3) is 188 Å². The van der Waals surface area contributed by atoms with E-state index in [-0.39, 0.29) is 0 Å². The Balaban J connectivity index is 1.05. The molecule has 0 saturated carbocycles. The Kier molecular flexibility index (Phi) is 14.3. The molecule has 494 valence electrons. The van der Waals surface area contributed by atoms with Gasteiger partial charge in [-0.3, -0.25) is 9.13 Å². The second-order valence-corrected chi connectivity index (χ2v) is 27.8. The molecule has 0 unspecified atom stereocenters. The van der Waals surface area contributed by atoms with Gasteiger partial charge in [0.1, 0.15) is 11.4 Å². The van der Waals surface area contributed by atoms with Crippen LogP contribution in [0.1, 0.15) is 22.3 Å². The molecule has 0 saturated heterocycles. The molecule has 106 heavy (non-hydrogen) atoms. The van der Waals surface area contributed by atoms with Gasteiger partial charge in [-0.2, -0.15) is 10.5 Å². The van der Waals surface area contributed by atoms with E-state index in [1.165, 1.54) is 0 Å². The Morgan fingerprint density at radius 2 is 0.443 bits per heavy atom. The number of hydrogen-bond donors (Lipinski definition) is 0. The normalized spacial score (nSPS) is 11.7. The van der Waals surface area contributed by atoms with Gasteiger partial charge in [0.25, 0.3) is 0 Å². The molecule has 5 aromatic heterocycles. The molecule has 20 aromatic rings. The quantitative estimate of drug-likeness (QED) is 0.129. The fourth-order valence-electron chi connectivity index (χ4n) is 16.7. The van der Waals surface area contributed by atoms with E-state index in [4.69, 9.17) is 4.98 Å². The first-order valence-electron chi connectivity index (χ1n) is 35.9.